The van der Waals surface area contributed by atoms with Gasteiger partial charge in [-0.05, 0) is 130 Å². The topological polar surface area (TPSA) is 193 Å². The number of carbonyl (C=O) groups excluding carboxylic acids is 2. The third-order valence-corrected chi connectivity index (χ3v) is 10.8. The van der Waals surface area contributed by atoms with Crippen molar-refractivity contribution in [3.8, 4) is 0 Å². The SMILES string of the molecule is C/C(=C\C(=N\N)c1ccc(/C(C)=N/N)cc1)c1ccc(C)cc1.CC(=O)c1ccc(C(=O)/C=C(\C)c2ccc(C)cc2)cc1.CCc1ccc(C/C=C(\C)c2ccc(C)cc2)cc1.NN.[K+].[OH-]. The number of ketones is 2. The number of hydrazone groups is 2. The molecular formula is C57H67KN6O3. The number of hydrogen-bond acceptors (Lipinski definition) is 9. The van der Waals surface area contributed by atoms with Crippen LogP contribution in [0.5, 0.6) is 0 Å². The Bertz CT molecular complexity index is 2590. The van der Waals surface area contributed by atoms with Crippen molar-refractivity contribution in [1.82, 2.24) is 0 Å². The zero-order chi connectivity index (χ0) is 47.9. The van der Waals surface area contributed by atoms with Crippen LogP contribution in [0.4, 0.5) is 0 Å². The van der Waals surface area contributed by atoms with Crippen molar-refractivity contribution in [2.75, 3.05) is 0 Å². The minimum Gasteiger partial charge on any atom is -0.870 e. The van der Waals surface area contributed by atoms with E-state index in [0.717, 1.165) is 57.7 Å². The van der Waals surface area contributed by atoms with Crippen molar-refractivity contribution in [3.63, 3.8) is 0 Å². The average molecular weight is 923 g/mol. The Morgan fingerprint density at radius 1 is 0.463 bits per heavy atom. The number of Topliss-reactive ketones (excluding diaryl/α,β-unsaturated/α-hetero) is 1. The molecule has 0 aliphatic rings. The van der Waals surface area contributed by atoms with Gasteiger partial charge in [0.2, 0.25) is 0 Å². The van der Waals surface area contributed by atoms with Crippen LogP contribution in [0.15, 0.2) is 174 Å². The van der Waals surface area contributed by atoms with Crippen LogP contribution in [-0.2, 0) is 12.8 Å². The van der Waals surface area contributed by atoms with Gasteiger partial charge < -0.3 is 17.2 Å². The summed E-state index contributed by atoms with van der Waals surface area (Å²) in [7, 11) is 0. The van der Waals surface area contributed by atoms with Gasteiger partial charge in [-0.1, -0.05) is 175 Å². The Morgan fingerprint density at radius 2 is 0.821 bits per heavy atom. The first-order valence-corrected chi connectivity index (χ1v) is 21.6. The molecule has 9 N–H and O–H groups in total. The minimum absolute atomic E-state index is 0. The van der Waals surface area contributed by atoms with Crippen LogP contribution in [-0.4, -0.2) is 28.5 Å². The van der Waals surface area contributed by atoms with Gasteiger partial charge in [0.05, 0.1) is 11.4 Å². The molecule has 6 rings (SSSR count). The van der Waals surface area contributed by atoms with Crippen LogP contribution >= 0.6 is 0 Å². The zero-order valence-corrected chi connectivity index (χ0v) is 44.1. The molecule has 0 spiro atoms. The summed E-state index contributed by atoms with van der Waals surface area (Å²) in [6, 6.07) is 48.7. The molecule has 344 valence electrons. The molecule has 0 unspecified atom stereocenters. The molecule has 0 heterocycles. The maximum Gasteiger partial charge on any atom is 1.00 e. The van der Waals surface area contributed by atoms with Gasteiger partial charge in [-0.25, -0.2) is 0 Å². The number of carbonyl (C=O) groups is 2. The summed E-state index contributed by atoms with van der Waals surface area (Å²) in [6.45, 7) is 18.0. The first kappa shape index (κ1) is 59.4. The predicted octanol–water partition coefficient (Wildman–Crippen LogP) is 8.78. The van der Waals surface area contributed by atoms with Crippen molar-refractivity contribution in [1.29, 1.82) is 0 Å². The molecule has 9 nitrogen and oxygen atoms in total. The van der Waals surface area contributed by atoms with Crippen molar-refractivity contribution in [3.05, 3.63) is 231 Å². The van der Waals surface area contributed by atoms with Crippen molar-refractivity contribution < 1.29 is 66.4 Å². The molecule has 0 radical (unpaired) electrons. The molecule has 6 aromatic rings. The van der Waals surface area contributed by atoms with Crippen LogP contribution in [0, 0.1) is 20.8 Å². The summed E-state index contributed by atoms with van der Waals surface area (Å²) in [5.74, 6) is 18.8. The third-order valence-electron chi connectivity index (χ3n) is 10.8. The normalized spacial score (nSPS) is 11.5. The Hall–Kier alpha value is -5.66. The van der Waals surface area contributed by atoms with E-state index in [4.69, 9.17) is 11.7 Å². The van der Waals surface area contributed by atoms with Gasteiger partial charge in [-0.3, -0.25) is 21.3 Å². The largest absolute Gasteiger partial charge is 1.00 e. The molecule has 0 saturated carbocycles. The molecule has 0 aliphatic heterocycles. The van der Waals surface area contributed by atoms with Gasteiger partial charge in [0.15, 0.2) is 11.6 Å². The second-order valence-electron chi connectivity index (χ2n) is 15.8. The van der Waals surface area contributed by atoms with Crippen LogP contribution in [0.2, 0.25) is 0 Å². The summed E-state index contributed by atoms with van der Waals surface area (Å²) < 4.78 is 0. The number of rotatable bonds is 12. The summed E-state index contributed by atoms with van der Waals surface area (Å²) in [6.07, 6.45) is 8.05. The van der Waals surface area contributed by atoms with Gasteiger partial charge in [0, 0.05) is 16.7 Å². The van der Waals surface area contributed by atoms with E-state index in [0.29, 0.717) is 11.1 Å². The average Bonchev–Trinajstić information content (AvgIpc) is 3.34. The number of aryl methyl sites for hydroxylation is 4. The number of allylic oxidation sites excluding steroid dienone is 6. The monoisotopic (exact) mass is 922 g/mol. The molecule has 0 saturated heterocycles. The number of hydrazine groups is 1. The zero-order valence-electron chi connectivity index (χ0n) is 41.0. The second-order valence-corrected chi connectivity index (χ2v) is 15.8. The fourth-order valence-corrected chi connectivity index (χ4v) is 6.42. The molecule has 6 aromatic carbocycles. The smallest absolute Gasteiger partial charge is 0.870 e. The van der Waals surface area contributed by atoms with Crippen LogP contribution in [0.25, 0.3) is 16.7 Å². The summed E-state index contributed by atoms with van der Waals surface area (Å²) in [5, 5.41) is 7.62. The molecule has 0 aliphatic carbocycles. The van der Waals surface area contributed by atoms with Crippen molar-refractivity contribution in [2.45, 2.75) is 75.2 Å². The fraction of sp³-hybridized carbons (Fsp3) is 0.193. The molecule has 0 bridgehead atoms. The molecule has 0 atom stereocenters. The number of hydrogen-bond donors (Lipinski definition) is 4. The van der Waals surface area contributed by atoms with E-state index in [9.17, 15) is 9.59 Å². The second kappa shape index (κ2) is 31.3. The molecule has 67 heavy (non-hydrogen) atoms. The third kappa shape index (κ3) is 20.0. The summed E-state index contributed by atoms with van der Waals surface area (Å²) in [4.78, 5) is 23.4. The molecule has 10 heteroatoms. The standard InChI is InChI=1S/C19H22N4.C19H18O2.C19H22.K.H4N2.H2O/c1-13-4-6-16(7-5-13)14(2)12-19(23-21)18-10-8-17(9-11-18)15(3)22-20;1-13-4-6-16(7-5-13)14(2)12-19(21)18-10-8-17(9-11-18)15(3)20;1-4-17-9-11-18(12-10-17)8-7-16(3)19-13-5-15(2)6-14-19;;1-2;/h4-12H,20-21H2,1-3H3;4-12H,1-3H3;5-7,9-14H,4,8H2,1-3H3;;1-2H2;1H2/q;;;+1;;/p-1/b14-12+,22-15+,23-19-;14-12+;16-7+;;;. The van der Waals surface area contributed by atoms with E-state index >= 15 is 0 Å². The molecule has 0 fully saturated rings. The summed E-state index contributed by atoms with van der Waals surface area (Å²) >= 11 is 0. The number of nitrogens with two attached hydrogens (primary N) is 4. The Balaban J connectivity index is 0.000000488. The fourth-order valence-electron chi connectivity index (χ4n) is 6.42. The van der Waals surface area contributed by atoms with E-state index in [1.165, 1.54) is 45.9 Å². The molecule has 0 amide bonds. The van der Waals surface area contributed by atoms with Crippen molar-refractivity contribution >= 4 is 39.7 Å². The number of benzene rings is 6. The minimum atomic E-state index is -0.0526. The first-order chi connectivity index (χ1) is 31.2. The van der Waals surface area contributed by atoms with Crippen LogP contribution in [0.1, 0.15) is 118 Å². The van der Waals surface area contributed by atoms with Crippen LogP contribution < -0.4 is 74.8 Å². The maximum absolute atomic E-state index is 12.2. The number of nitrogens with zero attached hydrogens (tertiary/aromatic N) is 2. The molecular weight excluding hydrogens is 856 g/mol. The predicted molar refractivity (Wildman–Crippen MR) is 279 cm³/mol. The van der Waals surface area contributed by atoms with E-state index in [2.05, 4.69) is 135 Å². The van der Waals surface area contributed by atoms with Gasteiger partial charge in [0.1, 0.15) is 0 Å². The van der Waals surface area contributed by atoms with Crippen molar-refractivity contribution in [2.24, 2.45) is 33.6 Å². The van der Waals surface area contributed by atoms with Gasteiger partial charge in [-0.2, -0.15) is 10.2 Å². The molecule has 0 aromatic heterocycles. The Morgan fingerprint density at radius 3 is 1.22 bits per heavy atom. The van der Waals surface area contributed by atoms with Gasteiger partial charge in [0.25, 0.3) is 0 Å². The summed E-state index contributed by atoms with van der Waals surface area (Å²) in [5.41, 5.74) is 18.1. The van der Waals surface area contributed by atoms with E-state index < -0.39 is 0 Å². The van der Waals surface area contributed by atoms with E-state index in [1.54, 1.807) is 30.3 Å². The maximum atomic E-state index is 12.2. The first-order valence-electron chi connectivity index (χ1n) is 21.6. The quantitative estimate of drug-likeness (QED) is 0.0235. The van der Waals surface area contributed by atoms with E-state index in [1.807, 2.05) is 75.4 Å². The van der Waals surface area contributed by atoms with Gasteiger partial charge >= 0.3 is 51.4 Å². The Kier molecular flexibility index (Phi) is 27.8. The van der Waals surface area contributed by atoms with Crippen LogP contribution in [0.3, 0.4) is 0 Å². The Labute approximate surface area is 441 Å². The van der Waals surface area contributed by atoms with E-state index in [-0.39, 0.29) is 68.4 Å². The van der Waals surface area contributed by atoms with Gasteiger partial charge in [-0.15, -0.1) is 0 Å².